The predicted molar refractivity (Wildman–Crippen MR) is 101 cm³/mol. The fourth-order valence-electron chi connectivity index (χ4n) is 3.21. The van der Waals surface area contributed by atoms with Crippen LogP contribution in [0, 0.1) is 11.3 Å². The first-order chi connectivity index (χ1) is 13.1. The van der Waals surface area contributed by atoms with E-state index in [4.69, 9.17) is 10.3 Å². The van der Waals surface area contributed by atoms with Gasteiger partial charge in [-0.2, -0.15) is 10.2 Å². The Hall–Kier alpha value is -3.40. The second kappa shape index (κ2) is 7.08. The van der Waals surface area contributed by atoms with Gasteiger partial charge in [0.2, 0.25) is 5.82 Å². The van der Waals surface area contributed by atoms with Gasteiger partial charge in [-0.05, 0) is 55.3 Å². The number of benzene rings is 2. The molecular weight excluding hydrogens is 345 g/mol. The van der Waals surface area contributed by atoms with Gasteiger partial charge in [0.25, 0.3) is 5.89 Å². The average Bonchev–Trinajstić information content (AvgIpc) is 3.19. The molecule has 2 N–H and O–H groups in total. The summed E-state index contributed by atoms with van der Waals surface area (Å²) in [6.07, 6.45) is 0.221. The summed E-state index contributed by atoms with van der Waals surface area (Å²) in [6, 6.07) is 14.8. The molecule has 0 bridgehead atoms. The highest BCUT2D eigenvalue weighted by atomic mass is 19.1. The molecule has 2 aromatic carbocycles. The first-order valence-electron chi connectivity index (χ1n) is 8.77. The van der Waals surface area contributed by atoms with Crippen LogP contribution in [0.15, 0.2) is 47.0 Å². The number of hydrogen-bond donors (Lipinski definition) is 1. The summed E-state index contributed by atoms with van der Waals surface area (Å²) < 4.78 is 18.7. The number of alkyl halides is 1. The predicted octanol–water partition coefficient (Wildman–Crippen LogP) is 3.80. The molecule has 3 aromatic rings. The van der Waals surface area contributed by atoms with Crippen LogP contribution in [-0.2, 0) is 0 Å². The van der Waals surface area contributed by atoms with Crippen molar-refractivity contribution in [2.24, 2.45) is 0 Å². The number of anilines is 2. The van der Waals surface area contributed by atoms with E-state index >= 15 is 0 Å². The molecule has 1 aromatic heterocycles. The van der Waals surface area contributed by atoms with E-state index < -0.39 is 6.17 Å². The van der Waals surface area contributed by atoms with E-state index in [1.165, 1.54) is 0 Å². The molecule has 1 fully saturated rings. The van der Waals surface area contributed by atoms with Crippen LogP contribution in [0.25, 0.3) is 22.8 Å². The maximum absolute atomic E-state index is 13.4. The lowest BCUT2D eigenvalue weighted by atomic mass is 10.0. The van der Waals surface area contributed by atoms with Crippen molar-refractivity contribution in [1.82, 2.24) is 10.1 Å². The second-order valence-electron chi connectivity index (χ2n) is 6.55. The fourth-order valence-corrected chi connectivity index (χ4v) is 3.21. The molecule has 0 atom stereocenters. The van der Waals surface area contributed by atoms with Crippen molar-refractivity contribution in [2.75, 3.05) is 23.7 Å². The normalized spacial score (nSPS) is 14.9. The van der Waals surface area contributed by atoms with Gasteiger partial charge in [0.15, 0.2) is 0 Å². The highest BCUT2D eigenvalue weighted by molar-refractivity contribution is 5.69. The third kappa shape index (κ3) is 3.47. The van der Waals surface area contributed by atoms with Gasteiger partial charge in [-0.1, -0.05) is 5.16 Å². The average molecular weight is 363 g/mol. The van der Waals surface area contributed by atoms with Crippen molar-refractivity contribution in [3.8, 4) is 28.9 Å². The lowest BCUT2D eigenvalue weighted by Gasteiger charge is -2.31. The lowest BCUT2D eigenvalue weighted by Crippen LogP contribution is -2.34. The molecule has 7 heteroatoms. The summed E-state index contributed by atoms with van der Waals surface area (Å²) in [6.45, 7) is 1.22. The smallest absolute Gasteiger partial charge is 0.258 e. The Morgan fingerprint density at radius 1 is 1.11 bits per heavy atom. The number of nitrogens with two attached hydrogens (primary N) is 1. The zero-order chi connectivity index (χ0) is 18.8. The molecular formula is C20H18FN5O. The Balaban J connectivity index is 1.61. The van der Waals surface area contributed by atoms with E-state index in [0.29, 0.717) is 54.5 Å². The largest absolute Gasteiger partial charge is 0.399 e. The minimum Gasteiger partial charge on any atom is -0.399 e. The van der Waals surface area contributed by atoms with Crippen molar-refractivity contribution in [3.05, 3.63) is 48.0 Å². The van der Waals surface area contributed by atoms with Gasteiger partial charge in [-0.15, -0.1) is 0 Å². The number of rotatable bonds is 3. The molecule has 1 aliphatic heterocycles. The summed E-state index contributed by atoms with van der Waals surface area (Å²) in [5, 5.41) is 13.6. The van der Waals surface area contributed by atoms with Crippen molar-refractivity contribution in [2.45, 2.75) is 19.0 Å². The fraction of sp³-hybridized carbons (Fsp3) is 0.250. The van der Waals surface area contributed by atoms with Crippen LogP contribution in [0.1, 0.15) is 18.4 Å². The van der Waals surface area contributed by atoms with E-state index in [1.54, 1.807) is 18.2 Å². The quantitative estimate of drug-likeness (QED) is 0.712. The zero-order valence-electron chi connectivity index (χ0n) is 14.6. The monoisotopic (exact) mass is 363 g/mol. The molecule has 0 spiro atoms. The Bertz CT molecular complexity index is 984. The molecule has 0 radical (unpaired) electrons. The Labute approximate surface area is 156 Å². The van der Waals surface area contributed by atoms with Crippen LogP contribution in [0.5, 0.6) is 0 Å². The summed E-state index contributed by atoms with van der Waals surface area (Å²) in [5.74, 6) is 0.796. The topological polar surface area (TPSA) is 92.0 Å². The summed E-state index contributed by atoms with van der Waals surface area (Å²) in [7, 11) is 0. The number of piperidine rings is 1. The first kappa shape index (κ1) is 17.0. The van der Waals surface area contributed by atoms with Gasteiger partial charge in [0, 0.05) is 29.9 Å². The molecule has 136 valence electrons. The van der Waals surface area contributed by atoms with E-state index in [0.717, 1.165) is 11.3 Å². The minimum atomic E-state index is -0.754. The molecule has 2 heterocycles. The van der Waals surface area contributed by atoms with Gasteiger partial charge >= 0.3 is 0 Å². The van der Waals surface area contributed by atoms with E-state index in [-0.39, 0.29) is 0 Å². The standard InChI is InChI=1S/C20H18FN5O/c21-16-7-9-26(10-8-16)18-6-3-14(11-15(18)12-22)20-24-19(25-27-20)13-1-4-17(23)5-2-13/h1-6,11,16H,7-10,23H2. The van der Waals surface area contributed by atoms with Gasteiger partial charge in [0.1, 0.15) is 12.2 Å². The summed E-state index contributed by atoms with van der Waals surface area (Å²) >= 11 is 0. The number of nitriles is 1. The minimum absolute atomic E-state index is 0.340. The van der Waals surface area contributed by atoms with Crippen molar-refractivity contribution in [1.29, 1.82) is 5.26 Å². The van der Waals surface area contributed by atoms with Crippen LogP contribution < -0.4 is 10.6 Å². The first-order valence-corrected chi connectivity index (χ1v) is 8.77. The highest BCUT2D eigenvalue weighted by Crippen LogP contribution is 2.30. The Kier molecular flexibility index (Phi) is 4.47. The molecule has 1 saturated heterocycles. The summed E-state index contributed by atoms with van der Waals surface area (Å²) in [5.41, 5.74) is 9.15. The maximum Gasteiger partial charge on any atom is 0.258 e. The van der Waals surface area contributed by atoms with Crippen LogP contribution in [0.3, 0.4) is 0 Å². The van der Waals surface area contributed by atoms with Crippen LogP contribution >= 0.6 is 0 Å². The maximum atomic E-state index is 13.4. The van der Waals surface area contributed by atoms with Crippen LogP contribution in [0.2, 0.25) is 0 Å². The molecule has 0 amide bonds. The summed E-state index contributed by atoms with van der Waals surface area (Å²) in [4.78, 5) is 6.46. The second-order valence-corrected chi connectivity index (χ2v) is 6.55. The molecule has 0 saturated carbocycles. The van der Waals surface area contributed by atoms with Gasteiger partial charge in [0.05, 0.1) is 11.3 Å². The number of aromatic nitrogens is 2. The third-order valence-corrected chi connectivity index (χ3v) is 4.72. The van der Waals surface area contributed by atoms with E-state index in [2.05, 4.69) is 16.2 Å². The molecule has 4 rings (SSSR count). The van der Waals surface area contributed by atoms with Crippen LogP contribution in [0.4, 0.5) is 15.8 Å². The van der Waals surface area contributed by atoms with Gasteiger partial charge in [-0.3, -0.25) is 0 Å². The Morgan fingerprint density at radius 2 is 1.81 bits per heavy atom. The molecule has 27 heavy (non-hydrogen) atoms. The highest BCUT2D eigenvalue weighted by Gasteiger charge is 2.21. The van der Waals surface area contributed by atoms with Gasteiger partial charge < -0.3 is 15.2 Å². The number of nitrogens with zero attached hydrogens (tertiary/aromatic N) is 4. The number of hydrogen-bond acceptors (Lipinski definition) is 6. The number of nitrogen functional groups attached to an aromatic ring is 1. The van der Waals surface area contributed by atoms with E-state index in [1.807, 2.05) is 29.2 Å². The molecule has 1 aliphatic rings. The van der Waals surface area contributed by atoms with Crippen molar-refractivity contribution >= 4 is 11.4 Å². The van der Waals surface area contributed by atoms with Crippen molar-refractivity contribution < 1.29 is 8.91 Å². The van der Waals surface area contributed by atoms with Crippen molar-refractivity contribution in [3.63, 3.8) is 0 Å². The number of halogens is 1. The van der Waals surface area contributed by atoms with Gasteiger partial charge in [-0.25, -0.2) is 4.39 Å². The SMILES string of the molecule is N#Cc1cc(-c2nc(-c3ccc(N)cc3)no2)ccc1N1CCC(F)CC1. The Morgan fingerprint density at radius 3 is 2.52 bits per heavy atom. The van der Waals surface area contributed by atoms with E-state index in [9.17, 15) is 9.65 Å². The third-order valence-electron chi connectivity index (χ3n) is 4.72. The molecule has 0 aliphatic carbocycles. The molecule has 0 unspecified atom stereocenters. The lowest BCUT2D eigenvalue weighted by molar-refractivity contribution is 0.277. The van der Waals surface area contributed by atoms with Crippen LogP contribution in [-0.4, -0.2) is 29.4 Å². The molecule has 6 nitrogen and oxygen atoms in total. The zero-order valence-corrected chi connectivity index (χ0v) is 14.6.